The number of hydrogen-bond donors (Lipinski definition) is 0. The summed E-state index contributed by atoms with van der Waals surface area (Å²) in [6, 6.07) is 6.96. The molecule has 6 nitrogen and oxygen atoms in total. The number of benzene rings is 1. The van der Waals surface area contributed by atoms with Crippen molar-refractivity contribution in [1.29, 1.82) is 0 Å². The Morgan fingerprint density at radius 1 is 1.38 bits per heavy atom. The molecule has 154 valence electrons. The van der Waals surface area contributed by atoms with Crippen LogP contribution in [0.3, 0.4) is 0 Å². The summed E-state index contributed by atoms with van der Waals surface area (Å²) >= 11 is 6.43. The van der Waals surface area contributed by atoms with Crippen LogP contribution in [0.1, 0.15) is 25.1 Å². The molecule has 2 aliphatic rings. The average molecular weight is 416 g/mol. The van der Waals surface area contributed by atoms with Gasteiger partial charge in [-0.15, -0.1) is 6.58 Å². The number of rotatable bonds is 4. The summed E-state index contributed by atoms with van der Waals surface area (Å²) in [6.45, 7) is 8.20. The molecule has 0 bridgehead atoms. The van der Waals surface area contributed by atoms with Crippen molar-refractivity contribution in [3.05, 3.63) is 58.1 Å². The van der Waals surface area contributed by atoms with E-state index in [9.17, 15) is 4.79 Å². The second-order valence-electron chi connectivity index (χ2n) is 7.90. The Labute approximate surface area is 175 Å². The summed E-state index contributed by atoms with van der Waals surface area (Å²) in [5, 5.41) is 0.396. The summed E-state index contributed by atoms with van der Waals surface area (Å²) in [4.78, 5) is 19.9. The van der Waals surface area contributed by atoms with Crippen molar-refractivity contribution in [3.8, 4) is 11.4 Å². The molecular weight excluding hydrogens is 390 g/mol. The Balaban J connectivity index is 1.57. The van der Waals surface area contributed by atoms with Gasteiger partial charge in [0.25, 0.3) is 5.56 Å². The highest BCUT2D eigenvalue weighted by Gasteiger charge is 2.41. The lowest BCUT2D eigenvalue weighted by atomic mass is 9.76. The minimum Gasteiger partial charge on any atom is -0.495 e. The van der Waals surface area contributed by atoms with E-state index in [0.717, 1.165) is 44.8 Å². The average Bonchev–Trinajstić information content (AvgIpc) is 3.12. The molecule has 0 amide bonds. The smallest absolute Gasteiger partial charge is 0.260 e. The molecule has 2 aliphatic heterocycles. The highest BCUT2D eigenvalue weighted by molar-refractivity contribution is 6.33. The van der Waals surface area contributed by atoms with Gasteiger partial charge in [-0.05, 0) is 43.7 Å². The first-order valence-electron chi connectivity index (χ1n) is 9.89. The molecule has 1 aromatic carbocycles. The van der Waals surface area contributed by atoms with Crippen molar-refractivity contribution < 1.29 is 9.47 Å². The molecule has 29 heavy (non-hydrogen) atoms. The number of aromatic nitrogens is 2. The molecule has 0 N–H and O–H groups in total. The zero-order valence-corrected chi connectivity index (χ0v) is 17.6. The molecule has 2 aromatic rings. The molecule has 3 heterocycles. The van der Waals surface area contributed by atoms with Crippen LogP contribution in [-0.2, 0) is 4.74 Å². The molecule has 7 heteroatoms. The minimum absolute atomic E-state index is 0.154. The molecule has 0 unspecified atom stereocenters. The zero-order chi connectivity index (χ0) is 20.6. The first-order valence-corrected chi connectivity index (χ1v) is 10.3. The van der Waals surface area contributed by atoms with E-state index in [1.54, 1.807) is 25.3 Å². The summed E-state index contributed by atoms with van der Waals surface area (Å²) in [7, 11) is 1.55. The van der Waals surface area contributed by atoms with Crippen LogP contribution < -0.4 is 15.2 Å². The van der Waals surface area contributed by atoms with E-state index in [4.69, 9.17) is 26.1 Å². The summed E-state index contributed by atoms with van der Waals surface area (Å²) < 4.78 is 12.6. The number of ether oxygens (including phenoxy) is 2. The second-order valence-corrected chi connectivity index (χ2v) is 8.28. The molecule has 1 aromatic heterocycles. The van der Waals surface area contributed by atoms with Crippen molar-refractivity contribution >= 4 is 17.4 Å². The monoisotopic (exact) mass is 415 g/mol. The molecular formula is C22H26ClN3O3. The predicted molar refractivity (Wildman–Crippen MR) is 115 cm³/mol. The van der Waals surface area contributed by atoms with E-state index >= 15 is 0 Å². The van der Waals surface area contributed by atoms with Gasteiger partial charge in [-0.1, -0.05) is 23.7 Å². The fourth-order valence-corrected chi connectivity index (χ4v) is 4.69. The highest BCUT2D eigenvalue weighted by atomic mass is 35.5. The van der Waals surface area contributed by atoms with Gasteiger partial charge in [0, 0.05) is 19.2 Å². The van der Waals surface area contributed by atoms with Crippen molar-refractivity contribution in [2.45, 2.75) is 32.3 Å². The zero-order valence-electron chi connectivity index (χ0n) is 16.9. The van der Waals surface area contributed by atoms with Crippen LogP contribution in [0.15, 0.2) is 41.7 Å². The van der Waals surface area contributed by atoms with E-state index in [-0.39, 0.29) is 17.1 Å². The minimum atomic E-state index is -0.154. The van der Waals surface area contributed by atoms with Crippen molar-refractivity contribution in [3.63, 3.8) is 0 Å². The Hall–Kier alpha value is -2.31. The van der Waals surface area contributed by atoms with Gasteiger partial charge in [0.1, 0.15) is 22.4 Å². The SMILES string of the molecule is C=C[C@H]1CC2(CCN(c3cc(=O)n(-c4cccc(OC)c4Cl)c(C)n3)CC2)CO1. The van der Waals surface area contributed by atoms with Gasteiger partial charge < -0.3 is 14.4 Å². The quantitative estimate of drug-likeness (QED) is 0.711. The molecule has 4 rings (SSSR count). The van der Waals surface area contributed by atoms with Gasteiger partial charge in [0.05, 0.1) is 25.5 Å². The lowest BCUT2D eigenvalue weighted by Crippen LogP contribution is -2.41. The van der Waals surface area contributed by atoms with Gasteiger partial charge in [-0.2, -0.15) is 0 Å². The maximum absolute atomic E-state index is 13.0. The molecule has 1 spiro atoms. The molecule has 0 aliphatic carbocycles. The fourth-order valence-electron chi connectivity index (χ4n) is 4.41. The van der Waals surface area contributed by atoms with Crippen LogP contribution in [-0.4, -0.2) is 42.5 Å². The largest absolute Gasteiger partial charge is 0.495 e. The number of hydrogen-bond acceptors (Lipinski definition) is 5. The Morgan fingerprint density at radius 3 is 2.76 bits per heavy atom. The number of anilines is 1. The van der Waals surface area contributed by atoms with Crippen molar-refractivity contribution in [1.82, 2.24) is 9.55 Å². The first-order chi connectivity index (χ1) is 14.0. The van der Waals surface area contributed by atoms with Crippen LogP contribution in [0.4, 0.5) is 5.82 Å². The lowest BCUT2D eigenvalue weighted by Gasteiger charge is -2.39. The summed E-state index contributed by atoms with van der Waals surface area (Å²) in [5.41, 5.74) is 0.649. The van der Waals surface area contributed by atoms with Crippen LogP contribution in [0.5, 0.6) is 5.75 Å². The van der Waals surface area contributed by atoms with Crippen LogP contribution in [0, 0.1) is 12.3 Å². The Morgan fingerprint density at radius 2 is 2.14 bits per heavy atom. The van der Waals surface area contributed by atoms with Crippen molar-refractivity contribution in [2.75, 3.05) is 31.7 Å². The van der Waals surface area contributed by atoms with Crippen LogP contribution in [0.2, 0.25) is 5.02 Å². The maximum atomic E-state index is 13.0. The third kappa shape index (κ3) is 3.67. The van der Waals surface area contributed by atoms with E-state index < -0.39 is 0 Å². The maximum Gasteiger partial charge on any atom is 0.260 e. The number of methoxy groups -OCH3 is 1. The summed E-state index contributed by atoms with van der Waals surface area (Å²) in [6.07, 6.45) is 5.16. The predicted octanol–water partition coefficient (Wildman–Crippen LogP) is 3.76. The van der Waals surface area contributed by atoms with E-state index in [0.29, 0.717) is 22.3 Å². The summed E-state index contributed by atoms with van der Waals surface area (Å²) in [5.74, 6) is 1.84. The van der Waals surface area contributed by atoms with E-state index in [1.807, 2.05) is 19.1 Å². The number of halogens is 1. The third-order valence-electron chi connectivity index (χ3n) is 6.13. The normalized spacial score (nSPS) is 20.8. The van der Waals surface area contributed by atoms with Gasteiger partial charge in [0.15, 0.2) is 0 Å². The lowest BCUT2D eigenvalue weighted by molar-refractivity contribution is 0.109. The van der Waals surface area contributed by atoms with Gasteiger partial charge in [0.2, 0.25) is 0 Å². The van der Waals surface area contributed by atoms with Crippen molar-refractivity contribution in [2.24, 2.45) is 5.41 Å². The Kier molecular flexibility index (Phi) is 5.40. The van der Waals surface area contributed by atoms with Gasteiger partial charge in [-0.3, -0.25) is 9.36 Å². The number of aryl methyl sites for hydroxylation is 1. The third-order valence-corrected chi connectivity index (χ3v) is 6.51. The van der Waals surface area contributed by atoms with E-state index in [1.165, 1.54) is 4.57 Å². The number of nitrogens with zero attached hydrogens (tertiary/aromatic N) is 3. The molecule has 2 saturated heterocycles. The fraction of sp³-hybridized carbons (Fsp3) is 0.455. The van der Waals surface area contributed by atoms with E-state index in [2.05, 4.69) is 11.5 Å². The van der Waals surface area contributed by atoms with Crippen LogP contribution in [0.25, 0.3) is 5.69 Å². The van der Waals surface area contributed by atoms with Crippen LogP contribution >= 0.6 is 11.6 Å². The standard InChI is InChI=1S/C22H26ClN3O3/c1-4-16-13-22(14-29-16)8-10-25(11-9-22)19-12-20(27)26(15(2)24-19)17-6-5-7-18(28-3)21(17)23/h4-7,12,16H,1,8-11,13-14H2,2-3H3/t16-/m0/s1. The second kappa shape index (κ2) is 7.84. The van der Waals surface area contributed by atoms with Gasteiger partial charge >= 0.3 is 0 Å². The molecule has 0 saturated carbocycles. The van der Waals surface area contributed by atoms with Gasteiger partial charge in [-0.25, -0.2) is 4.98 Å². The molecule has 0 radical (unpaired) electrons. The number of piperidine rings is 1. The topological polar surface area (TPSA) is 56.6 Å². The molecule has 2 fully saturated rings. The first kappa shape index (κ1) is 20.0. The highest BCUT2D eigenvalue weighted by Crippen LogP contribution is 2.42. The Bertz CT molecular complexity index is 980. The molecule has 1 atom stereocenters.